The van der Waals surface area contributed by atoms with Crippen LogP contribution in [0.25, 0.3) is 0 Å². The number of rotatable bonds is 2. The summed E-state index contributed by atoms with van der Waals surface area (Å²) in [5.74, 6) is 2.06. The lowest BCUT2D eigenvalue weighted by Gasteiger charge is -2.59. The minimum absolute atomic E-state index is 0.253. The summed E-state index contributed by atoms with van der Waals surface area (Å²) in [6.07, 6.45) is 5.97. The zero-order chi connectivity index (χ0) is 14.5. The molecule has 2 unspecified atom stereocenters. The highest BCUT2D eigenvalue weighted by atomic mass is 16.6. The Morgan fingerprint density at radius 3 is 2.35 bits per heavy atom. The van der Waals surface area contributed by atoms with Gasteiger partial charge in [-0.05, 0) is 82.6 Å². The maximum absolute atomic E-state index is 12.0. The van der Waals surface area contributed by atoms with Gasteiger partial charge in [0.1, 0.15) is 5.60 Å². The first-order chi connectivity index (χ1) is 9.30. The first-order valence-electron chi connectivity index (χ1n) is 8.00. The first-order valence-corrected chi connectivity index (χ1v) is 8.00. The summed E-state index contributed by atoms with van der Waals surface area (Å²) in [5.41, 5.74) is 6.00. The number of amides is 1. The number of alkyl carbamates (subject to hydrolysis) is 1. The first kappa shape index (κ1) is 14.2. The minimum atomic E-state index is -0.422. The second-order valence-electron chi connectivity index (χ2n) is 8.35. The van der Waals surface area contributed by atoms with Crippen molar-refractivity contribution in [3.8, 4) is 0 Å². The molecule has 2 atom stereocenters. The van der Waals surface area contributed by atoms with Crippen molar-refractivity contribution in [3.05, 3.63) is 0 Å². The van der Waals surface area contributed by atoms with Crippen LogP contribution in [-0.2, 0) is 4.74 Å². The van der Waals surface area contributed by atoms with E-state index >= 15 is 0 Å². The highest BCUT2D eigenvalue weighted by Gasteiger charge is 2.55. The summed E-state index contributed by atoms with van der Waals surface area (Å²) >= 11 is 0. The lowest BCUT2D eigenvalue weighted by Crippen LogP contribution is -2.61. The minimum Gasteiger partial charge on any atom is -0.444 e. The smallest absolute Gasteiger partial charge is 0.407 e. The van der Waals surface area contributed by atoms with Gasteiger partial charge in [0.15, 0.2) is 0 Å². The molecule has 4 saturated carbocycles. The number of carbonyl (C=O) groups excluding carboxylic acids is 1. The van der Waals surface area contributed by atoms with Crippen LogP contribution in [0.4, 0.5) is 4.79 Å². The summed E-state index contributed by atoms with van der Waals surface area (Å²) in [7, 11) is 0. The molecule has 0 aromatic carbocycles. The molecule has 0 saturated heterocycles. The van der Waals surface area contributed by atoms with Crippen molar-refractivity contribution in [2.24, 2.45) is 28.9 Å². The van der Waals surface area contributed by atoms with Crippen molar-refractivity contribution < 1.29 is 9.53 Å². The van der Waals surface area contributed by atoms with Crippen molar-refractivity contribution >= 4 is 6.09 Å². The maximum atomic E-state index is 12.0. The summed E-state index contributed by atoms with van der Waals surface area (Å²) in [6, 6.07) is 0.307. The Labute approximate surface area is 121 Å². The number of hydrogen-bond acceptors (Lipinski definition) is 3. The van der Waals surface area contributed by atoms with E-state index in [-0.39, 0.29) is 6.09 Å². The summed E-state index contributed by atoms with van der Waals surface area (Å²) in [6.45, 7) is 6.54. The van der Waals surface area contributed by atoms with Crippen molar-refractivity contribution in [3.63, 3.8) is 0 Å². The Morgan fingerprint density at radius 1 is 1.25 bits per heavy atom. The van der Waals surface area contributed by atoms with Gasteiger partial charge in [-0.3, -0.25) is 0 Å². The van der Waals surface area contributed by atoms with Gasteiger partial charge in [0.25, 0.3) is 0 Å². The third kappa shape index (κ3) is 2.54. The molecule has 4 fully saturated rings. The van der Waals surface area contributed by atoms with Gasteiger partial charge < -0.3 is 15.8 Å². The Hall–Kier alpha value is -0.770. The fourth-order valence-corrected chi connectivity index (χ4v) is 5.12. The van der Waals surface area contributed by atoms with Crippen LogP contribution in [0.1, 0.15) is 52.9 Å². The quantitative estimate of drug-likeness (QED) is 0.817. The third-order valence-electron chi connectivity index (χ3n) is 5.52. The number of nitrogens with two attached hydrogens (primary N) is 1. The van der Waals surface area contributed by atoms with E-state index in [4.69, 9.17) is 10.5 Å². The van der Waals surface area contributed by atoms with Crippen LogP contribution < -0.4 is 11.1 Å². The Morgan fingerprint density at radius 2 is 1.85 bits per heavy atom. The Kier molecular flexibility index (Phi) is 3.27. The van der Waals surface area contributed by atoms with Gasteiger partial charge in [-0.1, -0.05) is 0 Å². The largest absolute Gasteiger partial charge is 0.444 e. The molecule has 0 aliphatic heterocycles. The average Bonchev–Trinajstić information content (AvgIpc) is 2.31. The van der Waals surface area contributed by atoms with Crippen LogP contribution in [0, 0.1) is 23.2 Å². The van der Waals surface area contributed by atoms with E-state index in [1.165, 1.54) is 32.1 Å². The number of hydrogen-bond donors (Lipinski definition) is 2. The number of carbonyl (C=O) groups is 1. The Bertz CT molecular complexity index is 386. The molecule has 0 radical (unpaired) electrons. The highest BCUT2D eigenvalue weighted by molar-refractivity contribution is 5.68. The summed E-state index contributed by atoms with van der Waals surface area (Å²) < 4.78 is 5.42. The molecule has 4 aliphatic rings. The van der Waals surface area contributed by atoms with Gasteiger partial charge in [-0.25, -0.2) is 4.79 Å². The molecule has 114 valence electrons. The van der Waals surface area contributed by atoms with Crippen molar-refractivity contribution in [1.29, 1.82) is 0 Å². The van der Waals surface area contributed by atoms with E-state index < -0.39 is 5.60 Å². The lowest BCUT2D eigenvalue weighted by molar-refractivity contribution is -0.0722. The molecule has 0 heterocycles. The van der Waals surface area contributed by atoms with Gasteiger partial charge in [0, 0.05) is 6.04 Å². The number of nitrogens with one attached hydrogen (secondary N) is 1. The molecule has 4 bridgehead atoms. The number of ether oxygens (including phenoxy) is 1. The molecule has 0 spiro atoms. The van der Waals surface area contributed by atoms with Crippen LogP contribution in [-0.4, -0.2) is 24.3 Å². The van der Waals surface area contributed by atoms with Gasteiger partial charge >= 0.3 is 6.09 Å². The normalized spacial score (nSPS) is 42.6. The summed E-state index contributed by atoms with van der Waals surface area (Å²) in [4.78, 5) is 12.0. The fraction of sp³-hybridized carbons (Fsp3) is 0.938. The molecule has 20 heavy (non-hydrogen) atoms. The van der Waals surface area contributed by atoms with Gasteiger partial charge in [-0.15, -0.1) is 0 Å². The summed E-state index contributed by atoms with van der Waals surface area (Å²) in [5, 5.41) is 3.16. The standard InChI is InChI=1S/C16H28N2O2/c1-15(2,3)20-14(19)18-13-11-4-10-5-12(13)8-16(6-10,7-11)9-17/h10-13H,4-9,17H2,1-3H3,(H,18,19). The average molecular weight is 280 g/mol. The van der Waals surface area contributed by atoms with E-state index in [0.717, 1.165) is 12.5 Å². The molecule has 4 aliphatic carbocycles. The monoisotopic (exact) mass is 280 g/mol. The fourth-order valence-electron chi connectivity index (χ4n) is 5.12. The molecule has 3 N–H and O–H groups in total. The zero-order valence-electron chi connectivity index (χ0n) is 12.9. The van der Waals surface area contributed by atoms with E-state index in [1.54, 1.807) is 0 Å². The van der Waals surface area contributed by atoms with E-state index in [9.17, 15) is 4.79 Å². The lowest BCUT2D eigenvalue weighted by atomic mass is 9.48. The molecule has 0 aromatic rings. The predicted molar refractivity (Wildman–Crippen MR) is 78.2 cm³/mol. The molecule has 4 rings (SSSR count). The molecular formula is C16H28N2O2. The zero-order valence-corrected chi connectivity index (χ0v) is 12.9. The van der Waals surface area contributed by atoms with Crippen LogP contribution in [0.2, 0.25) is 0 Å². The van der Waals surface area contributed by atoms with Gasteiger partial charge in [0.2, 0.25) is 0 Å². The van der Waals surface area contributed by atoms with Crippen LogP contribution >= 0.6 is 0 Å². The molecular weight excluding hydrogens is 252 g/mol. The second-order valence-corrected chi connectivity index (χ2v) is 8.35. The van der Waals surface area contributed by atoms with Crippen molar-refractivity contribution in [2.45, 2.75) is 64.5 Å². The topological polar surface area (TPSA) is 64.3 Å². The van der Waals surface area contributed by atoms with Crippen LogP contribution in [0.15, 0.2) is 0 Å². The molecule has 0 aromatic heterocycles. The third-order valence-corrected chi connectivity index (χ3v) is 5.52. The van der Waals surface area contributed by atoms with E-state index in [1.807, 2.05) is 20.8 Å². The van der Waals surface area contributed by atoms with Crippen molar-refractivity contribution in [2.75, 3.05) is 6.54 Å². The highest BCUT2D eigenvalue weighted by Crippen LogP contribution is 2.59. The molecule has 1 amide bonds. The Balaban J connectivity index is 1.67. The molecule has 4 nitrogen and oxygen atoms in total. The van der Waals surface area contributed by atoms with Crippen LogP contribution in [0.3, 0.4) is 0 Å². The van der Waals surface area contributed by atoms with Crippen LogP contribution in [0.5, 0.6) is 0 Å². The molecule has 4 heteroatoms. The van der Waals surface area contributed by atoms with Gasteiger partial charge in [-0.2, -0.15) is 0 Å². The second kappa shape index (κ2) is 4.62. The predicted octanol–water partition coefficient (Wildman–Crippen LogP) is 2.66. The van der Waals surface area contributed by atoms with E-state index in [0.29, 0.717) is 23.3 Å². The maximum Gasteiger partial charge on any atom is 0.407 e. The SMILES string of the molecule is CC(C)(C)OC(=O)NC1C2CC3CC1CC(CN)(C3)C2. The van der Waals surface area contributed by atoms with Crippen molar-refractivity contribution in [1.82, 2.24) is 5.32 Å². The van der Waals surface area contributed by atoms with E-state index in [2.05, 4.69) is 5.32 Å². The van der Waals surface area contributed by atoms with Gasteiger partial charge in [0.05, 0.1) is 0 Å².